The lowest BCUT2D eigenvalue weighted by Crippen LogP contribution is -2.17. The third-order valence-corrected chi connectivity index (χ3v) is 1.31. The van der Waals surface area contributed by atoms with Crippen molar-refractivity contribution in [1.82, 2.24) is 5.32 Å². The average molecular weight is 199 g/mol. The minimum absolute atomic E-state index is 0.274. The molecule has 14 heavy (non-hydrogen) atoms. The van der Waals surface area contributed by atoms with Gasteiger partial charge in [-0.3, -0.25) is 4.79 Å². The molecular weight excluding hydrogens is 188 g/mol. The summed E-state index contributed by atoms with van der Waals surface area (Å²) >= 11 is 0. The van der Waals surface area contributed by atoms with E-state index in [1.54, 1.807) is 6.07 Å². The van der Waals surface area contributed by atoms with Crippen LogP contribution >= 0.6 is 0 Å². The van der Waals surface area contributed by atoms with E-state index in [0.29, 0.717) is 5.56 Å². The summed E-state index contributed by atoms with van der Waals surface area (Å²) < 4.78 is 12.5. The van der Waals surface area contributed by atoms with Crippen LogP contribution in [0.25, 0.3) is 0 Å². The van der Waals surface area contributed by atoms with Crippen LogP contribution in [0.5, 0.6) is 0 Å². The number of hydrogen-bond donors (Lipinski definition) is 3. The van der Waals surface area contributed by atoms with Gasteiger partial charge in [-0.05, 0) is 18.2 Å². The zero-order valence-electron chi connectivity index (χ0n) is 7.70. The predicted octanol–water partition coefficient (Wildman–Crippen LogP) is -0.577. The Morgan fingerprint density at radius 3 is 2.50 bits per heavy atom. The minimum Gasteiger partial charge on any atom is -0.430 e. The molecular formula is C8H11BFNO3. The fraction of sp³-hybridized carbons (Fsp3) is 0.125. The molecule has 0 bridgehead atoms. The fourth-order valence-electron chi connectivity index (χ4n) is 0.774. The van der Waals surface area contributed by atoms with Crippen molar-refractivity contribution in [2.24, 2.45) is 0 Å². The second kappa shape index (κ2) is 7.05. The minimum atomic E-state index is -0.750. The molecule has 0 heterocycles. The number of rotatable bonds is 1. The summed E-state index contributed by atoms with van der Waals surface area (Å²) in [4.78, 5) is 10.9. The Balaban J connectivity index is 0.000000500. The van der Waals surface area contributed by atoms with Gasteiger partial charge in [0, 0.05) is 12.6 Å². The lowest BCUT2D eigenvalue weighted by Gasteiger charge is -1.97. The zero-order chi connectivity index (χ0) is 11.0. The van der Waals surface area contributed by atoms with Gasteiger partial charge >= 0.3 is 7.69 Å². The van der Waals surface area contributed by atoms with Crippen LogP contribution in [0.1, 0.15) is 10.4 Å². The molecule has 76 valence electrons. The van der Waals surface area contributed by atoms with E-state index in [4.69, 9.17) is 10.0 Å². The Kier molecular flexibility index (Phi) is 6.35. The van der Waals surface area contributed by atoms with Crippen LogP contribution in [0, 0.1) is 5.82 Å². The van der Waals surface area contributed by atoms with Gasteiger partial charge in [-0.1, -0.05) is 6.07 Å². The van der Waals surface area contributed by atoms with Crippen LogP contribution in [-0.4, -0.2) is 30.7 Å². The maximum absolute atomic E-state index is 12.5. The molecule has 0 radical (unpaired) electrons. The first-order valence-electron chi connectivity index (χ1n) is 3.85. The summed E-state index contributed by atoms with van der Waals surface area (Å²) in [6.07, 6.45) is 0. The topological polar surface area (TPSA) is 69.6 Å². The summed E-state index contributed by atoms with van der Waals surface area (Å²) in [6, 6.07) is 5.55. The van der Waals surface area contributed by atoms with Gasteiger partial charge in [0.25, 0.3) is 5.91 Å². The van der Waals surface area contributed by atoms with E-state index in [0.717, 1.165) is 0 Å². The smallest absolute Gasteiger partial charge is 0.430 e. The van der Waals surface area contributed by atoms with Crippen LogP contribution in [0.4, 0.5) is 4.39 Å². The number of halogens is 1. The van der Waals surface area contributed by atoms with Crippen LogP contribution in [-0.2, 0) is 0 Å². The zero-order valence-corrected chi connectivity index (χ0v) is 7.70. The molecule has 6 heteroatoms. The molecule has 0 unspecified atom stereocenters. The number of hydrogen-bond acceptors (Lipinski definition) is 3. The highest BCUT2D eigenvalue weighted by atomic mass is 19.1. The molecule has 0 aromatic heterocycles. The van der Waals surface area contributed by atoms with Crippen LogP contribution in [0.3, 0.4) is 0 Å². The molecule has 4 nitrogen and oxygen atoms in total. The van der Waals surface area contributed by atoms with Gasteiger partial charge in [-0.15, -0.1) is 0 Å². The van der Waals surface area contributed by atoms with Gasteiger partial charge in [0.1, 0.15) is 5.82 Å². The second-order valence-electron chi connectivity index (χ2n) is 2.23. The molecule has 1 aromatic rings. The van der Waals surface area contributed by atoms with Crippen LogP contribution in [0.15, 0.2) is 24.3 Å². The molecule has 1 rings (SSSR count). The Bertz CT molecular complexity index is 296. The summed E-state index contributed by atoms with van der Waals surface area (Å²) in [5, 5.41) is 16.7. The summed E-state index contributed by atoms with van der Waals surface area (Å²) in [6.45, 7) is 0. The molecule has 0 atom stereocenters. The largest absolute Gasteiger partial charge is 0.432 e. The molecule has 0 fully saturated rings. The summed E-state index contributed by atoms with van der Waals surface area (Å²) in [7, 11) is 0.757. The number of nitrogens with one attached hydrogen (secondary N) is 1. The third-order valence-electron chi connectivity index (χ3n) is 1.31. The Hall–Kier alpha value is -1.40. The van der Waals surface area contributed by atoms with E-state index in [1.807, 2.05) is 0 Å². The van der Waals surface area contributed by atoms with Crippen molar-refractivity contribution < 1.29 is 19.2 Å². The Labute approximate surface area is 81.7 Å². The molecule has 0 aliphatic rings. The Morgan fingerprint density at radius 2 is 2.07 bits per heavy atom. The van der Waals surface area contributed by atoms with E-state index in [9.17, 15) is 9.18 Å². The third kappa shape index (κ3) is 4.59. The van der Waals surface area contributed by atoms with Gasteiger partial charge in [0.2, 0.25) is 0 Å². The van der Waals surface area contributed by atoms with Crippen LogP contribution in [0.2, 0.25) is 0 Å². The monoisotopic (exact) mass is 199 g/mol. The molecule has 1 aromatic carbocycles. The number of benzene rings is 1. The first-order valence-corrected chi connectivity index (χ1v) is 3.85. The van der Waals surface area contributed by atoms with Gasteiger partial charge in [-0.2, -0.15) is 0 Å². The van der Waals surface area contributed by atoms with Gasteiger partial charge in [-0.25, -0.2) is 4.39 Å². The van der Waals surface area contributed by atoms with Crippen molar-refractivity contribution in [2.45, 2.75) is 0 Å². The summed E-state index contributed by atoms with van der Waals surface area (Å²) in [5.41, 5.74) is 0.340. The number of carbonyl (C=O) groups excluding carboxylic acids is 1. The van der Waals surface area contributed by atoms with Gasteiger partial charge < -0.3 is 15.4 Å². The first kappa shape index (κ1) is 12.6. The molecule has 0 aliphatic carbocycles. The quantitative estimate of drug-likeness (QED) is 0.530. The molecule has 3 N–H and O–H groups in total. The molecule has 0 aliphatic heterocycles. The second-order valence-corrected chi connectivity index (χ2v) is 2.23. The fourth-order valence-corrected chi connectivity index (χ4v) is 0.774. The van der Waals surface area contributed by atoms with Crippen molar-refractivity contribution in [3.63, 3.8) is 0 Å². The van der Waals surface area contributed by atoms with Crippen molar-refractivity contribution in [2.75, 3.05) is 7.05 Å². The van der Waals surface area contributed by atoms with Gasteiger partial charge in [0.15, 0.2) is 0 Å². The van der Waals surface area contributed by atoms with Crippen LogP contribution < -0.4 is 5.32 Å². The van der Waals surface area contributed by atoms with E-state index >= 15 is 0 Å². The molecule has 0 saturated heterocycles. The highest BCUT2D eigenvalue weighted by Gasteiger charge is 2.01. The normalized spacial score (nSPS) is 8.29. The van der Waals surface area contributed by atoms with Crippen molar-refractivity contribution in [1.29, 1.82) is 0 Å². The number of amides is 1. The van der Waals surface area contributed by atoms with E-state index < -0.39 is 13.5 Å². The Morgan fingerprint density at radius 1 is 1.50 bits per heavy atom. The summed E-state index contributed by atoms with van der Waals surface area (Å²) in [5.74, 6) is -0.671. The van der Waals surface area contributed by atoms with Crippen molar-refractivity contribution >= 4 is 13.6 Å². The SMILES string of the molecule is CNC(=O)c1cccc(F)c1.OBO. The lowest BCUT2D eigenvalue weighted by molar-refractivity contribution is 0.0962. The maximum atomic E-state index is 12.5. The maximum Gasteiger partial charge on any atom is 0.432 e. The van der Waals surface area contributed by atoms with E-state index in [-0.39, 0.29) is 5.91 Å². The molecule has 0 saturated carbocycles. The highest BCUT2D eigenvalue weighted by molar-refractivity contribution is 6.13. The standard InChI is InChI=1S/C8H8FNO.BH3O2/c1-10-8(11)6-3-2-4-7(9)5-6;2-1-3/h2-5H,1H3,(H,10,11);1-3H. The van der Waals surface area contributed by atoms with Gasteiger partial charge in [0.05, 0.1) is 0 Å². The lowest BCUT2D eigenvalue weighted by atomic mass is 10.2. The van der Waals surface area contributed by atoms with Crippen molar-refractivity contribution in [3.05, 3.63) is 35.6 Å². The van der Waals surface area contributed by atoms with Crippen molar-refractivity contribution in [3.8, 4) is 0 Å². The highest BCUT2D eigenvalue weighted by Crippen LogP contribution is 2.02. The molecule has 1 amide bonds. The van der Waals surface area contributed by atoms with E-state index in [2.05, 4.69) is 5.32 Å². The molecule has 0 spiro atoms. The predicted molar refractivity (Wildman–Crippen MR) is 51.4 cm³/mol. The van der Waals surface area contributed by atoms with E-state index in [1.165, 1.54) is 25.2 Å². The first-order chi connectivity index (χ1) is 6.65. The number of carbonyl (C=O) groups is 1. The average Bonchev–Trinajstić information content (AvgIpc) is 2.18.